The number of aromatic amines is 1. The summed E-state index contributed by atoms with van der Waals surface area (Å²) in [5.41, 5.74) is 2.83. The number of pyridine rings is 1. The second-order valence-electron chi connectivity index (χ2n) is 4.01. The van der Waals surface area contributed by atoms with E-state index in [4.69, 9.17) is 17.0 Å². The zero-order chi connectivity index (χ0) is 13.4. The molecule has 4 nitrogen and oxygen atoms in total. The number of fused-ring (bicyclic) bond motifs is 1. The molecule has 3 rings (SSSR count). The number of aromatic nitrogens is 3. The second kappa shape index (κ2) is 4.79. The van der Waals surface area contributed by atoms with Gasteiger partial charge < -0.3 is 9.72 Å². The van der Waals surface area contributed by atoms with Crippen LogP contribution in [-0.2, 0) is 0 Å². The molecule has 2 aromatic heterocycles. The first-order valence-corrected chi connectivity index (χ1v) is 6.79. The smallest absolute Gasteiger partial charge is 0.182 e. The van der Waals surface area contributed by atoms with Crippen molar-refractivity contribution in [1.29, 1.82) is 0 Å². The molecular weight excluding hydrogens is 326 g/mol. The molecule has 2 heterocycles. The van der Waals surface area contributed by atoms with Crippen molar-refractivity contribution in [2.24, 2.45) is 0 Å². The van der Waals surface area contributed by atoms with E-state index < -0.39 is 0 Å². The van der Waals surface area contributed by atoms with E-state index in [0.717, 1.165) is 26.9 Å². The van der Waals surface area contributed by atoms with Gasteiger partial charge >= 0.3 is 0 Å². The van der Waals surface area contributed by atoms with Gasteiger partial charge in [0.05, 0.1) is 30.0 Å². The number of nitrogens with one attached hydrogen (secondary N) is 1. The van der Waals surface area contributed by atoms with E-state index in [0.29, 0.717) is 4.77 Å². The van der Waals surface area contributed by atoms with Gasteiger partial charge in [-0.2, -0.15) is 0 Å². The van der Waals surface area contributed by atoms with Crippen molar-refractivity contribution in [3.63, 3.8) is 0 Å². The molecule has 0 aliphatic heterocycles. The third kappa shape index (κ3) is 2.17. The first-order chi connectivity index (χ1) is 9.19. The normalized spacial score (nSPS) is 10.8. The van der Waals surface area contributed by atoms with Crippen molar-refractivity contribution in [1.82, 2.24) is 14.5 Å². The molecule has 96 valence electrons. The van der Waals surface area contributed by atoms with Crippen LogP contribution in [0.4, 0.5) is 0 Å². The second-order valence-corrected chi connectivity index (χ2v) is 5.31. The van der Waals surface area contributed by atoms with Gasteiger partial charge in [0.1, 0.15) is 5.75 Å². The van der Waals surface area contributed by atoms with Crippen molar-refractivity contribution in [3.8, 4) is 11.4 Å². The third-order valence-electron chi connectivity index (χ3n) is 2.83. The van der Waals surface area contributed by atoms with E-state index in [1.54, 1.807) is 19.5 Å². The molecule has 0 amide bonds. The highest BCUT2D eigenvalue weighted by Gasteiger charge is 2.08. The van der Waals surface area contributed by atoms with Gasteiger partial charge in [-0.25, -0.2) is 0 Å². The van der Waals surface area contributed by atoms with E-state index >= 15 is 0 Å². The van der Waals surface area contributed by atoms with E-state index in [2.05, 4.69) is 25.9 Å². The summed E-state index contributed by atoms with van der Waals surface area (Å²) >= 11 is 8.86. The van der Waals surface area contributed by atoms with Crippen molar-refractivity contribution >= 4 is 39.2 Å². The summed E-state index contributed by atoms with van der Waals surface area (Å²) in [5.74, 6) is 0.773. The van der Waals surface area contributed by atoms with Gasteiger partial charge in [0.25, 0.3) is 0 Å². The van der Waals surface area contributed by atoms with Crippen LogP contribution in [0.2, 0.25) is 0 Å². The SMILES string of the molecule is COc1cc(Br)cc(-n2c(=S)[nH]c3cnccc32)c1. The van der Waals surface area contributed by atoms with Crippen LogP contribution >= 0.6 is 28.1 Å². The summed E-state index contributed by atoms with van der Waals surface area (Å²) in [5, 5.41) is 0. The Kier molecular flexibility index (Phi) is 3.12. The number of benzene rings is 1. The number of hydrogen-bond donors (Lipinski definition) is 1. The Bertz CT molecular complexity index is 809. The number of rotatable bonds is 2. The average Bonchev–Trinajstić information content (AvgIpc) is 2.73. The molecule has 0 fully saturated rings. The fourth-order valence-electron chi connectivity index (χ4n) is 2.01. The standard InChI is InChI=1S/C13H10BrN3OS/c1-18-10-5-8(14)4-9(6-10)17-12-2-3-15-7-11(12)16-13(17)19/h2-7H,1H3,(H,16,19). The molecule has 0 aliphatic carbocycles. The third-order valence-corrected chi connectivity index (χ3v) is 3.58. The molecule has 1 N–H and O–H groups in total. The van der Waals surface area contributed by atoms with Gasteiger partial charge in [0, 0.05) is 16.7 Å². The number of nitrogens with zero attached hydrogens (tertiary/aromatic N) is 2. The van der Waals surface area contributed by atoms with Crippen LogP contribution in [0, 0.1) is 4.77 Å². The number of halogens is 1. The van der Waals surface area contributed by atoms with Crippen LogP contribution in [0.3, 0.4) is 0 Å². The predicted molar refractivity (Wildman–Crippen MR) is 80.5 cm³/mol. The van der Waals surface area contributed by atoms with E-state index in [1.807, 2.05) is 28.8 Å². The molecule has 19 heavy (non-hydrogen) atoms. The summed E-state index contributed by atoms with van der Waals surface area (Å²) in [6, 6.07) is 7.76. The summed E-state index contributed by atoms with van der Waals surface area (Å²) in [6.07, 6.45) is 3.51. The first kappa shape index (κ1) is 12.4. The minimum atomic E-state index is 0.628. The van der Waals surface area contributed by atoms with Crippen molar-refractivity contribution in [2.45, 2.75) is 0 Å². The summed E-state index contributed by atoms with van der Waals surface area (Å²) in [4.78, 5) is 7.23. The Morgan fingerprint density at radius 2 is 2.21 bits per heavy atom. The fourth-order valence-corrected chi connectivity index (χ4v) is 2.78. The Balaban J connectivity index is 2.33. The fraction of sp³-hybridized carbons (Fsp3) is 0.0769. The van der Waals surface area contributed by atoms with Crippen LogP contribution < -0.4 is 4.74 Å². The van der Waals surface area contributed by atoms with Gasteiger partial charge in [-0.05, 0) is 30.4 Å². The molecule has 0 unspecified atom stereocenters. The maximum absolute atomic E-state index is 5.38. The number of H-pyrrole nitrogens is 1. The highest BCUT2D eigenvalue weighted by atomic mass is 79.9. The maximum atomic E-state index is 5.38. The van der Waals surface area contributed by atoms with Crippen molar-refractivity contribution in [2.75, 3.05) is 7.11 Å². The molecule has 0 radical (unpaired) electrons. The minimum absolute atomic E-state index is 0.628. The van der Waals surface area contributed by atoms with Crippen LogP contribution in [-0.4, -0.2) is 21.6 Å². The lowest BCUT2D eigenvalue weighted by Crippen LogP contribution is -1.95. The monoisotopic (exact) mass is 335 g/mol. The first-order valence-electron chi connectivity index (χ1n) is 5.59. The number of ether oxygens (including phenoxy) is 1. The van der Waals surface area contributed by atoms with E-state index in [-0.39, 0.29) is 0 Å². The van der Waals surface area contributed by atoms with E-state index in [9.17, 15) is 0 Å². The Morgan fingerprint density at radius 1 is 1.37 bits per heavy atom. The Hall–Kier alpha value is -1.66. The minimum Gasteiger partial charge on any atom is -0.497 e. The summed E-state index contributed by atoms with van der Waals surface area (Å²) in [7, 11) is 1.64. The van der Waals surface area contributed by atoms with Crippen LogP contribution in [0.1, 0.15) is 0 Å². The quantitative estimate of drug-likeness (QED) is 0.723. The lowest BCUT2D eigenvalue weighted by atomic mass is 10.3. The van der Waals surface area contributed by atoms with Crippen molar-refractivity contribution in [3.05, 3.63) is 45.9 Å². The number of hydrogen-bond acceptors (Lipinski definition) is 3. The molecule has 6 heteroatoms. The van der Waals surface area contributed by atoms with Crippen LogP contribution in [0.25, 0.3) is 16.7 Å². The zero-order valence-corrected chi connectivity index (χ0v) is 12.5. The van der Waals surface area contributed by atoms with Gasteiger partial charge in [0.2, 0.25) is 0 Å². The highest BCUT2D eigenvalue weighted by molar-refractivity contribution is 9.10. The molecule has 0 atom stereocenters. The number of imidazole rings is 1. The molecule has 0 spiro atoms. The van der Waals surface area contributed by atoms with Gasteiger partial charge in [0.15, 0.2) is 4.77 Å². The van der Waals surface area contributed by atoms with Gasteiger partial charge in [-0.3, -0.25) is 9.55 Å². The average molecular weight is 336 g/mol. The molecular formula is C13H10BrN3OS. The maximum Gasteiger partial charge on any atom is 0.182 e. The topological polar surface area (TPSA) is 42.8 Å². The molecule has 0 saturated carbocycles. The molecule has 0 aliphatic rings. The zero-order valence-electron chi connectivity index (χ0n) is 10.1. The molecule has 3 aromatic rings. The Labute approximate surface area is 123 Å². The molecule has 0 bridgehead atoms. The number of methoxy groups -OCH3 is 1. The lowest BCUT2D eigenvalue weighted by molar-refractivity contribution is 0.414. The lowest BCUT2D eigenvalue weighted by Gasteiger charge is -2.08. The van der Waals surface area contributed by atoms with Gasteiger partial charge in [-0.1, -0.05) is 15.9 Å². The summed E-state index contributed by atoms with van der Waals surface area (Å²) < 4.78 is 8.81. The van der Waals surface area contributed by atoms with Crippen LogP contribution in [0.5, 0.6) is 5.75 Å². The predicted octanol–water partition coefficient (Wildman–Crippen LogP) is 3.85. The highest BCUT2D eigenvalue weighted by Crippen LogP contribution is 2.26. The van der Waals surface area contributed by atoms with Gasteiger partial charge in [-0.15, -0.1) is 0 Å². The Morgan fingerprint density at radius 3 is 3.00 bits per heavy atom. The molecule has 1 aromatic carbocycles. The molecule has 0 saturated heterocycles. The largest absolute Gasteiger partial charge is 0.497 e. The van der Waals surface area contributed by atoms with Crippen LogP contribution in [0.15, 0.2) is 41.1 Å². The van der Waals surface area contributed by atoms with E-state index in [1.165, 1.54) is 0 Å². The van der Waals surface area contributed by atoms with Crippen molar-refractivity contribution < 1.29 is 4.74 Å². The summed E-state index contributed by atoms with van der Waals surface area (Å²) in [6.45, 7) is 0.